The standard InChI is InChI=1S/C14H19F2N/c1-10(2)14(3-4-14)9-17-8-11-5-12(15)7-13(16)6-11/h5-7,10,17H,3-4,8-9H2,1-2H3. The minimum atomic E-state index is -0.508. The average molecular weight is 239 g/mol. The summed E-state index contributed by atoms with van der Waals surface area (Å²) >= 11 is 0. The third kappa shape index (κ3) is 3.03. The molecule has 94 valence electrons. The van der Waals surface area contributed by atoms with E-state index >= 15 is 0 Å². The molecule has 0 aromatic heterocycles. The molecule has 0 aliphatic heterocycles. The first-order chi connectivity index (χ1) is 8.02. The highest BCUT2D eigenvalue weighted by molar-refractivity contribution is 5.17. The van der Waals surface area contributed by atoms with Crippen molar-refractivity contribution in [3.05, 3.63) is 35.4 Å². The van der Waals surface area contributed by atoms with Crippen LogP contribution in [-0.4, -0.2) is 6.54 Å². The molecule has 1 aromatic rings. The van der Waals surface area contributed by atoms with Crippen LogP contribution in [-0.2, 0) is 6.54 Å². The number of nitrogens with one attached hydrogen (secondary N) is 1. The van der Waals surface area contributed by atoms with Crippen LogP contribution in [0.2, 0.25) is 0 Å². The van der Waals surface area contributed by atoms with Crippen molar-refractivity contribution in [3.63, 3.8) is 0 Å². The van der Waals surface area contributed by atoms with Crippen molar-refractivity contribution in [2.24, 2.45) is 11.3 Å². The summed E-state index contributed by atoms with van der Waals surface area (Å²) in [4.78, 5) is 0. The van der Waals surface area contributed by atoms with E-state index in [1.165, 1.54) is 25.0 Å². The van der Waals surface area contributed by atoms with Gasteiger partial charge in [0.15, 0.2) is 0 Å². The van der Waals surface area contributed by atoms with E-state index in [2.05, 4.69) is 19.2 Å². The van der Waals surface area contributed by atoms with Gasteiger partial charge in [-0.05, 0) is 41.9 Å². The van der Waals surface area contributed by atoms with E-state index in [0.717, 1.165) is 12.6 Å². The summed E-state index contributed by atoms with van der Waals surface area (Å²) in [5.74, 6) is -0.349. The molecule has 0 radical (unpaired) electrons. The summed E-state index contributed by atoms with van der Waals surface area (Å²) in [6.45, 7) is 5.93. The van der Waals surface area contributed by atoms with E-state index < -0.39 is 11.6 Å². The monoisotopic (exact) mass is 239 g/mol. The Morgan fingerprint density at radius 1 is 1.18 bits per heavy atom. The molecule has 0 heterocycles. The van der Waals surface area contributed by atoms with Crippen LogP contribution in [0.15, 0.2) is 18.2 Å². The average Bonchev–Trinajstić information content (AvgIpc) is 2.97. The van der Waals surface area contributed by atoms with Gasteiger partial charge in [0.25, 0.3) is 0 Å². The first-order valence-electron chi connectivity index (χ1n) is 6.17. The molecule has 1 aromatic carbocycles. The molecule has 0 bridgehead atoms. The summed E-state index contributed by atoms with van der Waals surface area (Å²) in [5.41, 5.74) is 1.09. The Hall–Kier alpha value is -0.960. The largest absolute Gasteiger partial charge is 0.312 e. The maximum absolute atomic E-state index is 13.0. The first kappa shape index (κ1) is 12.5. The number of hydrogen-bond acceptors (Lipinski definition) is 1. The quantitative estimate of drug-likeness (QED) is 0.829. The Labute approximate surface area is 101 Å². The van der Waals surface area contributed by atoms with E-state index in [1.807, 2.05) is 0 Å². The van der Waals surface area contributed by atoms with Crippen molar-refractivity contribution in [1.29, 1.82) is 0 Å². The highest BCUT2D eigenvalue weighted by atomic mass is 19.1. The molecule has 1 aliphatic carbocycles. The second kappa shape index (κ2) is 4.73. The number of halogens is 2. The summed E-state index contributed by atoms with van der Waals surface area (Å²) in [6.07, 6.45) is 2.52. The van der Waals surface area contributed by atoms with Gasteiger partial charge in [-0.1, -0.05) is 13.8 Å². The fraction of sp³-hybridized carbons (Fsp3) is 0.571. The second-order valence-corrected chi connectivity index (χ2v) is 5.40. The molecular formula is C14H19F2N. The molecule has 1 fully saturated rings. The lowest BCUT2D eigenvalue weighted by Crippen LogP contribution is -2.27. The molecule has 2 rings (SSSR count). The molecule has 0 spiro atoms. The predicted octanol–water partition coefficient (Wildman–Crippen LogP) is 3.49. The maximum Gasteiger partial charge on any atom is 0.126 e. The van der Waals surface area contributed by atoms with Crippen LogP contribution in [0.5, 0.6) is 0 Å². The van der Waals surface area contributed by atoms with Gasteiger partial charge in [-0.3, -0.25) is 0 Å². The minimum absolute atomic E-state index is 0.422. The Morgan fingerprint density at radius 2 is 1.76 bits per heavy atom. The van der Waals surface area contributed by atoms with Crippen LogP contribution in [0.3, 0.4) is 0 Å². The van der Waals surface area contributed by atoms with E-state index in [1.54, 1.807) is 0 Å². The molecule has 0 saturated heterocycles. The molecule has 1 N–H and O–H groups in total. The van der Waals surface area contributed by atoms with E-state index in [9.17, 15) is 8.78 Å². The highest BCUT2D eigenvalue weighted by Crippen LogP contribution is 2.51. The molecule has 0 atom stereocenters. The normalized spacial score (nSPS) is 17.5. The van der Waals surface area contributed by atoms with Crippen molar-refractivity contribution in [3.8, 4) is 0 Å². The Bertz CT molecular complexity index is 377. The van der Waals surface area contributed by atoms with Gasteiger partial charge in [0, 0.05) is 19.2 Å². The third-order valence-corrected chi connectivity index (χ3v) is 3.85. The van der Waals surface area contributed by atoms with E-state index in [-0.39, 0.29) is 0 Å². The van der Waals surface area contributed by atoms with Gasteiger partial charge in [0.1, 0.15) is 11.6 Å². The summed E-state index contributed by atoms with van der Waals surface area (Å²) in [6, 6.07) is 3.66. The smallest absolute Gasteiger partial charge is 0.126 e. The molecule has 0 amide bonds. The van der Waals surface area contributed by atoms with Crippen LogP contribution in [0.4, 0.5) is 8.78 Å². The summed E-state index contributed by atoms with van der Waals surface area (Å²) in [7, 11) is 0. The van der Waals surface area contributed by atoms with Crippen molar-refractivity contribution in [2.75, 3.05) is 6.54 Å². The lowest BCUT2D eigenvalue weighted by atomic mass is 9.92. The SMILES string of the molecule is CC(C)C1(CNCc2cc(F)cc(F)c2)CC1. The number of rotatable bonds is 5. The molecule has 1 saturated carbocycles. The van der Waals surface area contributed by atoms with Crippen molar-refractivity contribution < 1.29 is 8.78 Å². The minimum Gasteiger partial charge on any atom is -0.312 e. The fourth-order valence-corrected chi connectivity index (χ4v) is 2.29. The van der Waals surface area contributed by atoms with Gasteiger partial charge in [-0.2, -0.15) is 0 Å². The third-order valence-electron chi connectivity index (χ3n) is 3.85. The van der Waals surface area contributed by atoms with Crippen LogP contribution in [0.25, 0.3) is 0 Å². The van der Waals surface area contributed by atoms with Gasteiger partial charge in [0.2, 0.25) is 0 Å². The molecule has 1 nitrogen and oxygen atoms in total. The summed E-state index contributed by atoms with van der Waals surface area (Å²) < 4.78 is 25.9. The van der Waals surface area contributed by atoms with Crippen molar-refractivity contribution in [1.82, 2.24) is 5.32 Å². The maximum atomic E-state index is 13.0. The predicted molar refractivity (Wildman–Crippen MR) is 64.6 cm³/mol. The van der Waals surface area contributed by atoms with Gasteiger partial charge < -0.3 is 5.32 Å². The van der Waals surface area contributed by atoms with Gasteiger partial charge in [0.05, 0.1) is 0 Å². The van der Waals surface area contributed by atoms with Crippen LogP contribution < -0.4 is 5.32 Å². The molecule has 3 heteroatoms. The summed E-state index contributed by atoms with van der Waals surface area (Å²) in [5, 5.41) is 3.31. The van der Waals surface area contributed by atoms with Crippen molar-refractivity contribution >= 4 is 0 Å². The molecular weight excluding hydrogens is 220 g/mol. The van der Waals surface area contributed by atoms with Crippen LogP contribution >= 0.6 is 0 Å². The zero-order valence-electron chi connectivity index (χ0n) is 10.4. The topological polar surface area (TPSA) is 12.0 Å². The number of hydrogen-bond donors (Lipinski definition) is 1. The van der Waals surface area contributed by atoms with Gasteiger partial charge in [-0.25, -0.2) is 8.78 Å². The molecule has 17 heavy (non-hydrogen) atoms. The van der Waals surface area contributed by atoms with Gasteiger partial charge in [-0.15, -0.1) is 0 Å². The fourth-order valence-electron chi connectivity index (χ4n) is 2.29. The van der Waals surface area contributed by atoms with E-state index in [0.29, 0.717) is 23.4 Å². The number of benzene rings is 1. The van der Waals surface area contributed by atoms with Crippen molar-refractivity contribution in [2.45, 2.75) is 33.2 Å². The van der Waals surface area contributed by atoms with Crippen LogP contribution in [0.1, 0.15) is 32.3 Å². The van der Waals surface area contributed by atoms with E-state index in [4.69, 9.17) is 0 Å². The lowest BCUT2D eigenvalue weighted by Gasteiger charge is -2.20. The zero-order chi connectivity index (χ0) is 12.5. The Balaban J connectivity index is 1.86. The highest BCUT2D eigenvalue weighted by Gasteiger charge is 2.44. The first-order valence-corrected chi connectivity index (χ1v) is 6.17. The van der Waals surface area contributed by atoms with Gasteiger partial charge >= 0.3 is 0 Å². The van der Waals surface area contributed by atoms with Crippen LogP contribution in [0, 0.1) is 23.0 Å². The lowest BCUT2D eigenvalue weighted by molar-refractivity contribution is 0.337. The second-order valence-electron chi connectivity index (χ2n) is 5.40. The molecule has 0 unspecified atom stereocenters. The molecule has 1 aliphatic rings. The Morgan fingerprint density at radius 3 is 2.24 bits per heavy atom. The zero-order valence-corrected chi connectivity index (χ0v) is 10.4. The Kier molecular flexibility index (Phi) is 3.48.